The molecule has 1 aromatic carbocycles. The second-order valence-corrected chi connectivity index (χ2v) is 5.11. The first kappa shape index (κ1) is 14.7. The van der Waals surface area contributed by atoms with Crippen molar-refractivity contribution in [2.45, 2.75) is 33.2 Å². The van der Waals surface area contributed by atoms with Gasteiger partial charge in [0.15, 0.2) is 0 Å². The Hall–Kier alpha value is -1.74. The van der Waals surface area contributed by atoms with Gasteiger partial charge in [0.05, 0.1) is 0 Å². The number of rotatable bonds is 5. The van der Waals surface area contributed by atoms with Crippen molar-refractivity contribution in [3.63, 3.8) is 0 Å². The highest BCUT2D eigenvalue weighted by Crippen LogP contribution is 2.28. The molecule has 0 saturated carbocycles. The van der Waals surface area contributed by atoms with E-state index in [4.69, 9.17) is 0 Å². The van der Waals surface area contributed by atoms with Crippen LogP contribution in [0.4, 0.5) is 4.39 Å². The van der Waals surface area contributed by atoms with Crippen LogP contribution in [0.3, 0.4) is 0 Å². The standard InChI is InChI=1S/C17H21FN2/c1-4-8-20-13(3)14-5-6-17(18)15(10-14)16-11-19-9-7-12(16)2/h5-7,9-11,13,20H,4,8H2,1-3H3. The summed E-state index contributed by atoms with van der Waals surface area (Å²) in [5, 5.41) is 3.42. The number of nitrogens with one attached hydrogen (secondary N) is 1. The molecular formula is C17H21FN2. The SMILES string of the molecule is CCCNC(C)c1ccc(F)c(-c2cnccc2C)c1. The van der Waals surface area contributed by atoms with Crippen molar-refractivity contribution in [1.29, 1.82) is 0 Å². The Morgan fingerprint density at radius 3 is 2.75 bits per heavy atom. The molecule has 3 heteroatoms. The van der Waals surface area contributed by atoms with Crippen molar-refractivity contribution in [2.24, 2.45) is 0 Å². The molecule has 2 rings (SSSR count). The Kier molecular flexibility index (Phi) is 4.85. The van der Waals surface area contributed by atoms with E-state index in [9.17, 15) is 4.39 Å². The second-order valence-electron chi connectivity index (χ2n) is 5.11. The highest BCUT2D eigenvalue weighted by Gasteiger charge is 2.11. The third kappa shape index (κ3) is 3.23. The average Bonchev–Trinajstić information content (AvgIpc) is 2.46. The zero-order chi connectivity index (χ0) is 14.5. The molecule has 0 radical (unpaired) electrons. The molecule has 2 aromatic rings. The van der Waals surface area contributed by atoms with Crippen LogP contribution >= 0.6 is 0 Å². The fraction of sp³-hybridized carbons (Fsp3) is 0.353. The van der Waals surface area contributed by atoms with Crippen molar-refractivity contribution in [3.05, 3.63) is 53.6 Å². The molecule has 106 valence electrons. The lowest BCUT2D eigenvalue weighted by atomic mass is 9.98. The van der Waals surface area contributed by atoms with Crippen LogP contribution in [0, 0.1) is 12.7 Å². The number of pyridine rings is 1. The summed E-state index contributed by atoms with van der Waals surface area (Å²) < 4.78 is 14.1. The lowest BCUT2D eigenvalue weighted by Gasteiger charge is -2.16. The normalized spacial score (nSPS) is 12.4. The van der Waals surface area contributed by atoms with E-state index in [1.54, 1.807) is 18.5 Å². The smallest absolute Gasteiger partial charge is 0.131 e. The van der Waals surface area contributed by atoms with E-state index in [1.165, 1.54) is 0 Å². The second kappa shape index (κ2) is 6.62. The lowest BCUT2D eigenvalue weighted by molar-refractivity contribution is 0.568. The summed E-state index contributed by atoms with van der Waals surface area (Å²) in [5.41, 5.74) is 3.61. The molecule has 1 aromatic heterocycles. The third-order valence-electron chi connectivity index (χ3n) is 3.52. The van der Waals surface area contributed by atoms with Crippen LogP contribution < -0.4 is 5.32 Å². The molecule has 0 aliphatic rings. The van der Waals surface area contributed by atoms with Gasteiger partial charge in [-0.2, -0.15) is 0 Å². The minimum Gasteiger partial charge on any atom is -0.310 e. The minimum atomic E-state index is -0.201. The Bertz CT molecular complexity index is 581. The molecule has 0 spiro atoms. The Balaban J connectivity index is 2.37. The summed E-state index contributed by atoms with van der Waals surface area (Å²) in [5.74, 6) is -0.201. The molecule has 2 nitrogen and oxygen atoms in total. The number of aryl methyl sites for hydroxylation is 1. The van der Waals surface area contributed by atoms with Crippen LogP contribution in [0.1, 0.15) is 37.4 Å². The third-order valence-corrected chi connectivity index (χ3v) is 3.52. The Morgan fingerprint density at radius 1 is 1.25 bits per heavy atom. The monoisotopic (exact) mass is 272 g/mol. The molecule has 0 saturated heterocycles. The van der Waals surface area contributed by atoms with Gasteiger partial charge in [0.1, 0.15) is 5.82 Å². The van der Waals surface area contributed by atoms with Crippen molar-refractivity contribution >= 4 is 0 Å². The van der Waals surface area contributed by atoms with Crippen LogP contribution in [0.2, 0.25) is 0 Å². The molecule has 0 fully saturated rings. The van der Waals surface area contributed by atoms with E-state index < -0.39 is 0 Å². The van der Waals surface area contributed by atoms with Crippen LogP contribution in [0.5, 0.6) is 0 Å². The van der Waals surface area contributed by atoms with E-state index in [0.717, 1.165) is 29.7 Å². The number of hydrogen-bond acceptors (Lipinski definition) is 2. The zero-order valence-corrected chi connectivity index (χ0v) is 12.3. The largest absolute Gasteiger partial charge is 0.310 e. The van der Waals surface area contributed by atoms with Crippen molar-refractivity contribution in [3.8, 4) is 11.1 Å². The van der Waals surface area contributed by atoms with Gasteiger partial charge in [-0.05, 0) is 56.1 Å². The maximum Gasteiger partial charge on any atom is 0.131 e. The summed E-state index contributed by atoms with van der Waals surface area (Å²) in [6.07, 6.45) is 4.54. The number of benzene rings is 1. The van der Waals surface area contributed by atoms with Gasteiger partial charge < -0.3 is 5.32 Å². The summed E-state index contributed by atoms with van der Waals surface area (Å²) in [6.45, 7) is 7.17. The van der Waals surface area contributed by atoms with Crippen LogP contribution in [0.15, 0.2) is 36.7 Å². The van der Waals surface area contributed by atoms with Gasteiger partial charge in [-0.15, -0.1) is 0 Å². The van der Waals surface area contributed by atoms with Crippen molar-refractivity contribution in [1.82, 2.24) is 10.3 Å². The summed E-state index contributed by atoms with van der Waals surface area (Å²) in [6, 6.07) is 7.43. The first-order chi connectivity index (χ1) is 9.63. The predicted molar refractivity (Wildman–Crippen MR) is 81.1 cm³/mol. The first-order valence-corrected chi connectivity index (χ1v) is 7.07. The fourth-order valence-corrected chi connectivity index (χ4v) is 2.24. The molecule has 0 aliphatic carbocycles. The van der Waals surface area contributed by atoms with E-state index in [-0.39, 0.29) is 11.9 Å². The molecule has 1 atom stereocenters. The van der Waals surface area contributed by atoms with Crippen LogP contribution in [0.25, 0.3) is 11.1 Å². The van der Waals surface area contributed by atoms with Gasteiger partial charge in [0.25, 0.3) is 0 Å². The number of aromatic nitrogens is 1. The Morgan fingerprint density at radius 2 is 2.05 bits per heavy atom. The molecule has 0 aliphatic heterocycles. The molecule has 0 bridgehead atoms. The fourth-order valence-electron chi connectivity index (χ4n) is 2.24. The van der Waals surface area contributed by atoms with Crippen molar-refractivity contribution in [2.75, 3.05) is 6.54 Å². The molecule has 20 heavy (non-hydrogen) atoms. The average molecular weight is 272 g/mol. The van der Waals surface area contributed by atoms with Gasteiger partial charge in [0.2, 0.25) is 0 Å². The maximum absolute atomic E-state index is 14.1. The van der Waals surface area contributed by atoms with Crippen LogP contribution in [-0.4, -0.2) is 11.5 Å². The lowest BCUT2D eigenvalue weighted by Crippen LogP contribution is -2.19. The molecule has 1 heterocycles. The molecule has 1 unspecified atom stereocenters. The van der Waals surface area contributed by atoms with E-state index in [1.807, 2.05) is 25.1 Å². The first-order valence-electron chi connectivity index (χ1n) is 7.07. The molecule has 0 amide bonds. The molecular weight excluding hydrogens is 251 g/mol. The summed E-state index contributed by atoms with van der Waals surface area (Å²) in [7, 11) is 0. The minimum absolute atomic E-state index is 0.201. The number of hydrogen-bond donors (Lipinski definition) is 1. The topological polar surface area (TPSA) is 24.9 Å². The van der Waals surface area contributed by atoms with Crippen LogP contribution in [-0.2, 0) is 0 Å². The van der Waals surface area contributed by atoms with Gasteiger partial charge in [-0.3, -0.25) is 4.98 Å². The van der Waals surface area contributed by atoms with E-state index in [0.29, 0.717) is 5.56 Å². The highest BCUT2D eigenvalue weighted by molar-refractivity contribution is 5.67. The number of halogens is 1. The highest BCUT2D eigenvalue weighted by atomic mass is 19.1. The van der Waals surface area contributed by atoms with E-state index in [2.05, 4.69) is 24.1 Å². The van der Waals surface area contributed by atoms with E-state index >= 15 is 0 Å². The number of nitrogens with zero attached hydrogens (tertiary/aromatic N) is 1. The zero-order valence-electron chi connectivity index (χ0n) is 12.3. The van der Waals surface area contributed by atoms with Gasteiger partial charge in [0, 0.05) is 29.6 Å². The van der Waals surface area contributed by atoms with Gasteiger partial charge >= 0.3 is 0 Å². The quantitative estimate of drug-likeness (QED) is 0.879. The summed E-state index contributed by atoms with van der Waals surface area (Å²) in [4.78, 5) is 4.10. The summed E-state index contributed by atoms with van der Waals surface area (Å²) >= 11 is 0. The van der Waals surface area contributed by atoms with Crippen molar-refractivity contribution < 1.29 is 4.39 Å². The Labute approximate surface area is 120 Å². The predicted octanol–water partition coefficient (Wildman–Crippen LogP) is 4.26. The molecule has 1 N–H and O–H groups in total. The maximum atomic E-state index is 14.1. The van der Waals surface area contributed by atoms with Gasteiger partial charge in [-0.1, -0.05) is 13.0 Å². The van der Waals surface area contributed by atoms with Gasteiger partial charge in [-0.25, -0.2) is 4.39 Å².